The van der Waals surface area contributed by atoms with Gasteiger partial charge in [0.25, 0.3) is 5.91 Å². The number of hydrogen-bond acceptors (Lipinski definition) is 2. The summed E-state index contributed by atoms with van der Waals surface area (Å²) in [5.41, 5.74) is 1.16. The number of aromatic nitrogens is 1. The average molecular weight is 354 g/mol. The largest absolute Gasteiger partial charge is 0.353 e. The van der Waals surface area contributed by atoms with Crippen molar-refractivity contribution in [1.29, 1.82) is 0 Å². The number of fused-ring (bicyclic) bond motifs is 1. The van der Waals surface area contributed by atoms with Crippen LogP contribution in [0.15, 0.2) is 18.2 Å². The van der Waals surface area contributed by atoms with Crippen LogP contribution in [0.5, 0.6) is 0 Å². The lowest BCUT2D eigenvalue weighted by Gasteiger charge is -2.34. The number of carbonyl (C=O) groups is 2. The van der Waals surface area contributed by atoms with E-state index in [0.29, 0.717) is 40.6 Å². The van der Waals surface area contributed by atoms with Gasteiger partial charge in [-0.15, -0.1) is 0 Å². The summed E-state index contributed by atoms with van der Waals surface area (Å²) in [5, 5.41) is 4.38. The van der Waals surface area contributed by atoms with Crippen LogP contribution in [0, 0.1) is 0 Å². The molecule has 1 fully saturated rings. The van der Waals surface area contributed by atoms with Crippen LogP contribution in [-0.2, 0) is 4.79 Å². The van der Waals surface area contributed by atoms with Gasteiger partial charge in [-0.25, -0.2) is 0 Å². The number of carbonyl (C=O) groups excluding carboxylic acids is 2. The minimum Gasteiger partial charge on any atom is -0.353 e. The third-order valence-corrected chi connectivity index (χ3v) is 4.89. The van der Waals surface area contributed by atoms with E-state index in [-0.39, 0.29) is 11.8 Å². The molecular weight excluding hydrogens is 337 g/mol. The number of rotatable bonds is 3. The van der Waals surface area contributed by atoms with Crippen molar-refractivity contribution in [2.75, 3.05) is 13.1 Å². The lowest BCUT2D eigenvalue weighted by atomic mass is 10.1. The van der Waals surface area contributed by atoms with E-state index in [9.17, 15) is 9.59 Å². The van der Waals surface area contributed by atoms with Crippen molar-refractivity contribution in [1.82, 2.24) is 15.2 Å². The molecule has 3 rings (SSSR count). The SMILES string of the molecule is CCCC1C(=O)NCCN1C(=O)c1cc2c(Cl)c(Cl)ccc2[nH]1. The number of H-pyrrole nitrogens is 1. The Kier molecular flexibility index (Phi) is 4.50. The van der Waals surface area contributed by atoms with Gasteiger partial charge in [0.05, 0.1) is 10.0 Å². The second-order valence-corrected chi connectivity index (χ2v) is 6.38. The molecule has 2 aromatic rings. The molecule has 1 saturated heterocycles. The molecule has 1 aliphatic rings. The van der Waals surface area contributed by atoms with Gasteiger partial charge >= 0.3 is 0 Å². The number of aromatic amines is 1. The summed E-state index contributed by atoms with van der Waals surface area (Å²) in [7, 11) is 0. The lowest BCUT2D eigenvalue weighted by molar-refractivity contribution is -0.128. The molecule has 1 atom stereocenters. The van der Waals surface area contributed by atoms with Crippen molar-refractivity contribution in [3.8, 4) is 0 Å². The van der Waals surface area contributed by atoms with Gasteiger partial charge in [-0.1, -0.05) is 36.5 Å². The second kappa shape index (κ2) is 6.42. The van der Waals surface area contributed by atoms with Crippen molar-refractivity contribution in [2.24, 2.45) is 0 Å². The van der Waals surface area contributed by atoms with Crippen molar-refractivity contribution in [3.05, 3.63) is 33.9 Å². The molecule has 5 nitrogen and oxygen atoms in total. The third-order valence-electron chi connectivity index (χ3n) is 4.07. The van der Waals surface area contributed by atoms with Crippen molar-refractivity contribution in [3.63, 3.8) is 0 Å². The van der Waals surface area contributed by atoms with Gasteiger partial charge in [0.15, 0.2) is 0 Å². The van der Waals surface area contributed by atoms with Crippen LogP contribution in [0.1, 0.15) is 30.3 Å². The molecule has 2 amide bonds. The Morgan fingerprint density at radius 1 is 1.39 bits per heavy atom. The zero-order valence-corrected chi connectivity index (χ0v) is 14.2. The molecule has 0 bridgehead atoms. The summed E-state index contributed by atoms with van der Waals surface area (Å²) in [6, 6.07) is 4.74. The monoisotopic (exact) mass is 353 g/mol. The highest BCUT2D eigenvalue weighted by molar-refractivity contribution is 6.45. The molecule has 0 radical (unpaired) electrons. The number of benzene rings is 1. The number of nitrogens with one attached hydrogen (secondary N) is 2. The number of halogens is 2. The summed E-state index contributed by atoms with van der Waals surface area (Å²) in [6.45, 7) is 2.96. The quantitative estimate of drug-likeness (QED) is 0.889. The molecule has 0 aliphatic carbocycles. The second-order valence-electron chi connectivity index (χ2n) is 5.60. The summed E-state index contributed by atoms with van der Waals surface area (Å²) in [6.07, 6.45) is 1.47. The Bertz CT molecular complexity index is 772. The van der Waals surface area contributed by atoms with Crippen molar-refractivity contribution < 1.29 is 9.59 Å². The zero-order chi connectivity index (χ0) is 16.6. The molecule has 1 unspecified atom stereocenters. The Hall–Kier alpha value is -1.72. The van der Waals surface area contributed by atoms with Gasteiger partial charge in [-0.2, -0.15) is 0 Å². The van der Waals surface area contributed by atoms with Crippen LogP contribution in [-0.4, -0.2) is 40.8 Å². The predicted molar refractivity (Wildman–Crippen MR) is 91.1 cm³/mol. The van der Waals surface area contributed by atoms with Gasteiger partial charge in [-0.3, -0.25) is 9.59 Å². The van der Waals surface area contributed by atoms with Gasteiger partial charge in [0, 0.05) is 24.0 Å². The Labute approximate surface area is 143 Å². The van der Waals surface area contributed by atoms with E-state index in [2.05, 4.69) is 10.3 Å². The van der Waals surface area contributed by atoms with Crippen LogP contribution in [0.3, 0.4) is 0 Å². The number of nitrogens with zero attached hydrogens (tertiary/aromatic N) is 1. The molecule has 1 aromatic heterocycles. The molecule has 23 heavy (non-hydrogen) atoms. The molecule has 7 heteroatoms. The lowest BCUT2D eigenvalue weighted by Crippen LogP contribution is -2.57. The summed E-state index contributed by atoms with van der Waals surface area (Å²) in [5.74, 6) is -0.287. The maximum atomic E-state index is 12.8. The van der Waals surface area contributed by atoms with Gasteiger partial charge in [0.2, 0.25) is 5.91 Å². The van der Waals surface area contributed by atoms with E-state index in [0.717, 1.165) is 11.9 Å². The van der Waals surface area contributed by atoms with Crippen molar-refractivity contribution in [2.45, 2.75) is 25.8 Å². The topological polar surface area (TPSA) is 65.2 Å². The van der Waals surface area contributed by atoms with Crippen LogP contribution >= 0.6 is 23.2 Å². The molecule has 0 spiro atoms. The standard InChI is InChI=1S/C16H17Cl2N3O2/c1-2-3-13-15(22)19-6-7-21(13)16(23)12-8-9-11(20-12)5-4-10(17)14(9)18/h4-5,8,13,20H,2-3,6-7H2,1H3,(H,19,22). The Balaban J connectivity index is 1.95. The highest BCUT2D eigenvalue weighted by atomic mass is 35.5. The minimum absolute atomic E-state index is 0.0939. The first-order valence-corrected chi connectivity index (χ1v) is 8.34. The van der Waals surface area contributed by atoms with Crippen LogP contribution in [0.4, 0.5) is 0 Å². The first-order chi connectivity index (χ1) is 11.0. The fourth-order valence-corrected chi connectivity index (χ4v) is 3.31. The number of piperazine rings is 1. The number of amides is 2. The van der Waals surface area contributed by atoms with Crippen molar-refractivity contribution >= 4 is 45.9 Å². The first-order valence-electron chi connectivity index (χ1n) is 7.58. The summed E-state index contributed by atoms with van der Waals surface area (Å²) in [4.78, 5) is 29.6. The predicted octanol–water partition coefficient (Wildman–Crippen LogP) is 3.22. The van der Waals surface area contributed by atoms with E-state index < -0.39 is 6.04 Å². The highest BCUT2D eigenvalue weighted by Gasteiger charge is 2.33. The van der Waals surface area contributed by atoms with Crippen LogP contribution in [0.25, 0.3) is 10.9 Å². The third kappa shape index (κ3) is 2.91. The van der Waals surface area contributed by atoms with Gasteiger partial charge in [0.1, 0.15) is 11.7 Å². The maximum Gasteiger partial charge on any atom is 0.271 e. The smallest absolute Gasteiger partial charge is 0.271 e. The molecule has 2 heterocycles. The molecule has 2 N–H and O–H groups in total. The van der Waals surface area contributed by atoms with Crippen LogP contribution in [0.2, 0.25) is 10.0 Å². The number of hydrogen-bond donors (Lipinski definition) is 2. The summed E-state index contributed by atoms with van der Waals surface area (Å²) < 4.78 is 0. The van der Waals surface area contributed by atoms with Gasteiger partial charge < -0.3 is 15.2 Å². The fourth-order valence-electron chi connectivity index (χ4n) is 2.93. The van der Waals surface area contributed by atoms with E-state index in [1.165, 1.54) is 0 Å². The molecule has 0 saturated carbocycles. The van der Waals surface area contributed by atoms with E-state index in [1.807, 2.05) is 6.92 Å². The van der Waals surface area contributed by atoms with E-state index in [4.69, 9.17) is 23.2 Å². The van der Waals surface area contributed by atoms with Crippen LogP contribution < -0.4 is 5.32 Å². The van der Waals surface area contributed by atoms with E-state index in [1.54, 1.807) is 23.1 Å². The summed E-state index contributed by atoms with van der Waals surface area (Å²) >= 11 is 12.2. The average Bonchev–Trinajstić information content (AvgIpc) is 2.97. The first kappa shape index (κ1) is 16.1. The molecule has 1 aliphatic heterocycles. The highest BCUT2D eigenvalue weighted by Crippen LogP contribution is 2.31. The Morgan fingerprint density at radius 3 is 2.91 bits per heavy atom. The van der Waals surface area contributed by atoms with E-state index >= 15 is 0 Å². The minimum atomic E-state index is -0.424. The Morgan fingerprint density at radius 2 is 2.17 bits per heavy atom. The molecular formula is C16H17Cl2N3O2. The maximum absolute atomic E-state index is 12.8. The molecule has 122 valence electrons. The zero-order valence-electron chi connectivity index (χ0n) is 12.7. The molecule has 1 aromatic carbocycles. The van der Waals surface area contributed by atoms with Gasteiger partial charge in [-0.05, 0) is 24.6 Å². The normalized spacial score (nSPS) is 18.3. The fraction of sp³-hybridized carbons (Fsp3) is 0.375.